The van der Waals surface area contributed by atoms with Crippen molar-refractivity contribution in [1.82, 2.24) is 4.98 Å². The maximum Gasteiger partial charge on any atom is 0.0953 e. The fourth-order valence-corrected chi connectivity index (χ4v) is 2.27. The van der Waals surface area contributed by atoms with Gasteiger partial charge in [0.2, 0.25) is 0 Å². The van der Waals surface area contributed by atoms with Crippen molar-refractivity contribution in [3.05, 3.63) is 16.1 Å². The van der Waals surface area contributed by atoms with Crippen molar-refractivity contribution in [1.29, 1.82) is 0 Å². The van der Waals surface area contributed by atoms with Gasteiger partial charge in [-0.3, -0.25) is 0 Å². The molecule has 0 bridgehead atoms. The van der Waals surface area contributed by atoms with Crippen LogP contribution in [0.1, 0.15) is 50.2 Å². The highest BCUT2D eigenvalue weighted by atomic mass is 32.1. The molecule has 2 nitrogen and oxygen atoms in total. The Kier molecular flexibility index (Phi) is 4.55. The molecule has 0 spiro atoms. The van der Waals surface area contributed by atoms with Gasteiger partial charge in [-0.05, 0) is 6.42 Å². The zero-order valence-corrected chi connectivity index (χ0v) is 10.1. The summed E-state index contributed by atoms with van der Waals surface area (Å²) in [5, 5.41) is 3.37. The molecule has 0 aromatic carbocycles. The molecular formula is C11H20N2S. The molecule has 0 saturated carbocycles. The van der Waals surface area contributed by atoms with E-state index < -0.39 is 0 Å². The first-order valence-electron chi connectivity index (χ1n) is 5.33. The first kappa shape index (κ1) is 11.7. The normalized spacial score (nSPS) is 13.5. The summed E-state index contributed by atoms with van der Waals surface area (Å²) in [6.45, 7) is 6.52. The highest BCUT2D eigenvalue weighted by Crippen LogP contribution is 2.19. The number of aromatic nitrogens is 1. The van der Waals surface area contributed by atoms with Crippen LogP contribution in [-0.2, 0) is 6.42 Å². The average molecular weight is 212 g/mol. The molecule has 1 atom stereocenters. The van der Waals surface area contributed by atoms with E-state index >= 15 is 0 Å². The summed E-state index contributed by atoms with van der Waals surface area (Å²) < 4.78 is 0. The van der Waals surface area contributed by atoms with Gasteiger partial charge in [0.25, 0.3) is 0 Å². The molecule has 0 aliphatic heterocycles. The van der Waals surface area contributed by atoms with E-state index in [0.717, 1.165) is 19.3 Å². The monoisotopic (exact) mass is 212 g/mol. The van der Waals surface area contributed by atoms with Crippen LogP contribution in [0.25, 0.3) is 0 Å². The summed E-state index contributed by atoms with van der Waals surface area (Å²) in [5.41, 5.74) is 7.13. The second kappa shape index (κ2) is 5.47. The molecule has 1 aromatic rings. The Morgan fingerprint density at radius 2 is 2.21 bits per heavy atom. The largest absolute Gasteiger partial charge is 0.327 e. The first-order valence-corrected chi connectivity index (χ1v) is 6.21. The Hall–Kier alpha value is -0.410. The van der Waals surface area contributed by atoms with E-state index in [1.807, 2.05) is 0 Å². The number of thiazole rings is 1. The summed E-state index contributed by atoms with van der Waals surface area (Å²) in [7, 11) is 0. The van der Waals surface area contributed by atoms with Gasteiger partial charge in [0.05, 0.1) is 10.7 Å². The maximum atomic E-state index is 5.97. The van der Waals surface area contributed by atoms with Gasteiger partial charge in [0.1, 0.15) is 0 Å². The zero-order valence-electron chi connectivity index (χ0n) is 9.29. The summed E-state index contributed by atoms with van der Waals surface area (Å²) in [4.78, 5) is 4.57. The lowest BCUT2D eigenvalue weighted by Crippen LogP contribution is -2.22. The third-order valence-electron chi connectivity index (χ3n) is 2.19. The lowest BCUT2D eigenvalue weighted by molar-refractivity contribution is 0.593. The van der Waals surface area contributed by atoms with Crippen molar-refractivity contribution < 1.29 is 0 Å². The molecule has 0 aliphatic rings. The molecule has 0 aliphatic carbocycles. The van der Waals surface area contributed by atoms with Crippen LogP contribution in [0.2, 0.25) is 0 Å². The minimum atomic E-state index is 0.280. The molecule has 1 rings (SSSR count). The highest BCUT2D eigenvalue weighted by Gasteiger charge is 2.08. The van der Waals surface area contributed by atoms with Crippen molar-refractivity contribution in [2.24, 2.45) is 5.73 Å². The topological polar surface area (TPSA) is 38.9 Å². The minimum absolute atomic E-state index is 0.280. The van der Waals surface area contributed by atoms with Crippen molar-refractivity contribution in [3.63, 3.8) is 0 Å². The molecule has 1 unspecified atom stereocenters. The molecule has 0 fully saturated rings. The lowest BCUT2D eigenvalue weighted by Gasteiger charge is -2.07. The van der Waals surface area contributed by atoms with Gasteiger partial charge in [-0.25, -0.2) is 4.98 Å². The summed E-state index contributed by atoms with van der Waals surface area (Å²) in [6, 6.07) is 0.280. The highest BCUT2D eigenvalue weighted by molar-refractivity contribution is 7.09. The maximum absolute atomic E-state index is 5.97. The first-order chi connectivity index (χ1) is 6.63. The van der Waals surface area contributed by atoms with Crippen LogP contribution in [0.4, 0.5) is 0 Å². The summed E-state index contributed by atoms with van der Waals surface area (Å²) in [6.07, 6.45) is 3.17. The molecule has 80 valence electrons. The SMILES string of the molecule is CCCC(N)Cc1csc(C(C)C)n1. The molecule has 1 heterocycles. The van der Waals surface area contributed by atoms with E-state index in [0.29, 0.717) is 5.92 Å². The van der Waals surface area contributed by atoms with Gasteiger partial charge in [-0.15, -0.1) is 11.3 Å². The third-order valence-corrected chi connectivity index (χ3v) is 3.39. The van der Waals surface area contributed by atoms with Crippen LogP contribution in [0, 0.1) is 0 Å². The molecule has 0 radical (unpaired) electrons. The fraction of sp³-hybridized carbons (Fsp3) is 0.727. The average Bonchev–Trinajstić information content (AvgIpc) is 2.53. The van der Waals surface area contributed by atoms with Crippen molar-refractivity contribution in [2.45, 2.75) is 52.0 Å². The van der Waals surface area contributed by atoms with Gasteiger partial charge in [-0.1, -0.05) is 27.2 Å². The molecule has 2 N–H and O–H groups in total. The quantitative estimate of drug-likeness (QED) is 0.815. The lowest BCUT2D eigenvalue weighted by atomic mass is 10.1. The van der Waals surface area contributed by atoms with Crippen LogP contribution < -0.4 is 5.73 Å². The molecule has 0 saturated heterocycles. The fourth-order valence-electron chi connectivity index (χ4n) is 1.42. The van der Waals surface area contributed by atoms with E-state index in [4.69, 9.17) is 5.73 Å². The summed E-state index contributed by atoms with van der Waals surface area (Å²) >= 11 is 1.75. The van der Waals surface area contributed by atoms with Crippen LogP contribution in [0.5, 0.6) is 0 Å². The Bertz CT molecular complexity index is 268. The Morgan fingerprint density at radius 1 is 1.50 bits per heavy atom. The predicted molar refractivity (Wildman–Crippen MR) is 62.8 cm³/mol. The number of rotatable bonds is 5. The van der Waals surface area contributed by atoms with Gasteiger partial charge in [0, 0.05) is 23.8 Å². The second-order valence-electron chi connectivity index (χ2n) is 4.08. The number of hydrogen-bond acceptors (Lipinski definition) is 3. The van der Waals surface area contributed by atoms with Crippen LogP contribution >= 0.6 is 11.3 Å². The van der Waals surface area contributed by atoms with E-state index in [1.54, 1.807) is 11.3 Å². The van der Waals surface area contributed by atoms with Crippen molar-refractivity contribution in [2.75, 3.05) is 0 Å². The van der Waals surface area contributed by atoms with E-state index in [1.165, 1.54) is 10.7 Å². The van der Waals surface area contributed by atoms with Crippen molar-refractivity contribution in [3.8, 4) is 0 Å². The van der Waals surface area contributed by atoms with E-state index in [-0.39, 0.29) is 6.04 Å². The Morgan fingerprint density at radius 3 is 2.71 bits per heavy atom. The van der Waals surface area contributed by atoms with Gasteiger partial charge >= 0.3 is 0 Å². The molecule has 14 heavy (non-hydrogen) atoms. The van der Waals surface area contributed by atoms with E-state index in [2.05, 4.69) is 31.1 Å². The van der Waals surface area contributed by atoms with Crippen molar-refractivity contribution >= 4 is 11.3 Å². The minimum Gasteiger partial charge on any atom is -0.327 e. The summed E-state index contributed by atoms with van der Waals surface area (Å²) in [5.74, 6) is 0.538. The number of nitrogens with zero attached hydrogens (tertiary/aromatic N) is 1. The third kappa shape index (κ3) is 3.39. The smallest absolute Gasteiger partial charge is 0.0953 e. The van der Waals surface area contributed by atoms with Crippen LogP contribution in [0.3, 0.4) is 0 Å². The number of nitrogens with two attached hydrogens (primary N) is 1. The van der Waals surface area contributed by atoms with Gasteiger partial charge < -0.3 is 5.73 Å². The Labute approximate surface area is 90.6 Å². The molecule has 3 heteroatoms. The molecule has 0 amide bonds. The predicted octanol–water partition coefficient (Wildman–Crippen LogP) is 2.94. The van der Waals surface area contributed by atoms with Gasteiger partial charge in [0.15, 0.2) is 0 Å². The van der Waals surface area contributed by atoms with E-state index in [9.17, 15) is 0 Å². The van der Waals surface area contributed by atoms with Crippen LogP contribution in [0.15, 0.2) is 5.38 Å². The van der Waals surface area contributed by atoms with Gasteiger partial charge in [-0.2, -0.15) is 0 Å². The Balaban J connectivity index is 2.51. The number of hydrogen-bond donors (Lipinski definition) is 1. The van der Waals surface area contributed by atoms with Crippen LogP contribution in [-0.4, -0.2) is 11.0 Å². The zero-order chi connectivity index (χ0) is 10.6. The molecule has 1 aromatic heterocycles. The second-order valence-corrected chi connectivity index (χ2v) is 4.97. The standard InChI is InChI=1S/C11H20N2S/c1-4-5-9(12)6-10-7-14-11(13-10)8(2)3/h7-9H,4-6,12H2,1-3H3. The molecular weight excluding hydrogens is 192 g/mol.